The quantitative estimate of drug-likeness (QED) is 0.677. The molecular formula is C12H8N4O. The minimum Gasteiger partial charge on any atom is -0.267 e. The summed E-state index contributed by atoms with van der Waals surface area (Å²) < 4.78 is 0. The Balaban J connectivity index is 2.25. The number of rotatable bonds is 1. The number of pyridine rings is 2. The van der Waals surface area contributed by atoms with Crippen molar-refractivity contribution in [3.8, 4) is 11.4 Å². The first-order chi connectivity index (χ1) is 8.34. The van der Waals surface area contributed by atoms with Gasteiger partial charge in [0.15, 0.2) is 0 Å². The molecule has 0 radical (unpaired) electrons. The Labute approximate surface area is 96.2 Å². The maximum Gasteiger partial charge on any atom is 0.273 e. The number of H-pyrrole nitrogens is 1. The molecule has 0 unspecified atom stereocenters. The first-order valence-electron chi connectivity index (χ1n) is 5.10. The number of aromatic nitrogens is 4. The fourth-order valence-electron chi connectivity index (χ4n) is 1.63. The summed E-state index contributed by atoms with van der Waals surface area (Å²) >= 11 is 0. The minimum atomic E-state index is -0.234. The Morgan fingerprint density at radius 3 is 2.82 bits per heavy atom. The van der Waals surface area contributed by atoms with Crippen LogP contribution in [0.15, 0.2) is 47.5 Å². The number of hydrogen-bond acceptors (Lipinski definition) is 4. The molecule has 1 N–H and O–H groups in total. The summed E-state index contributed by atoms with van der Waals surface area (Å²) in [5, 5.41) is 6.63. The highest BCUT2D eigenvalue weighted by atomic mass is 16.1. The molecule has 17 heavy (non-hydrogen) atoms. The van der Waals surface area contributed by atoms with Crippen molar-refractivity contribution < 1.29 is 0 Å². The Kier molecular flexibility index (Phi) is 2.15. The van der Waals surface area contributed by atoms with Gasteiger partial charge in [0.05, 0.1) is 28.5 Å². The van der Waals surface area contributed by atoms with Crippen LogP contribution < -0.4 is 5.56 Å². The van der Waals surface area contributed by atoms with Crippen LogP contribution in [0.25, 0.3) is 22.3 Å². The summed E-state index contributed by atoms with van der Waals surface area (Å²) in [4.78, 5) is 20.0. The van der Waals surface area contributed by atoms with Crippen molar-refractivity contribution in [1.29, 1.82) is 0 Å². The Bertz CT molecular complexity index is 721. The van der Waals surface area contributed by atoms with Gasteiger partial charge in [-0.2, -0.15) is 5.10 Å². The van der Waals surface area contributed by atoms with Gasteiger partial charge < -0.3 is 0 Å². The first-order valence-corrected chi connectivity index (χ1v) is 5.10. The lowest BCUT2D eigenvalue weighted by Gasteiger charge is -2.00. The molecule has 5 nitrogen and oxygen atoms in total. The van der Waals surface area contributed by atoms with Gasteiger partial charge in [0, 0.05) is 6.20 Å². The van der Waals surface area contributed by atoms with Crippen LogP contribution in [0.3, 0.4) is 0 Å². The highest BCUT2D eigenvalue weighted by molar-refractivity contribution is 5.79. The molecule has 0 aliphatic heterocycles. The van der Waals surface area contributed by atoms with Crippen LogP contribution in [0.4, 0.5) is 0 Å². The van der Waals surface area contributed by atoms with E-state index in [-0.39, 0.29) is 5.56 Å². The average Bonchev–Trinajstić information content (AvgIpc) is 2.40. The van der Waals surface area contributed by atoms with Crippen molar-refractivity contribution in [2.24, 2.45) is 0 Å². The molecule has 3 aromatic heterocycles. The molecule has 0 aromatic carbocycles. The smallest absolute Gasteiger partial charge is 0.267 e. The fraction of sp³-hybridized carbons (Fsp3) is 0. The Morgan fingerprint density at radius 1 is 1.06 bits per heavy atom. The molecule has 0 aliphatic rings. The second kappa shape index (κ2) is 3.79. The molecular weight excluding hydrogens is 216 g/mol. The number of aromatic amines is 1. The highest BCUT2D eigenvalue weighted by Crippen LogP contribution is 2.15. The summed E-state index contributed by atoms with van der Waals surface area (Å²) in [6.45, 7) is 0. The molecule has 0 saturated heterocycles. The predicted octanol–water partition coefficient (Wildman–Crippen LogP) is 1.38. The summed E-state index contributed by atoms with van der Waals surface area (Å²) in [5.41, 5.74) is 1.83. The van der Waals surface area contributed by atoms with E-state index in [0.29, 0.717) is 10.9 Å². The molecule has 3 aromatic rings. The maximum atomic E-state index is 11.5. The van der Waals surface area contributed by atoms with E-state index in [0.717, 1.165) is 11.4 Å². The third-order valence-electron chi connectivity index (χ3n) is 2.45. The monoisotopic (exact) mass is 224 g/mol. The standard InChI is InChI=1S/C12H8N4O/c17-12-8-4-5-10(9-3-1-2-6-13-9)15-11(8)7-14-16-12/h1-7H,(H,16,17). The van der Waals surface area contributed by atoms with Crippen LogP contribution in [-0.2, 0) is 0 Å². The molecule has 3 rings (SSSR count). The molecule has 82 valence electrons. The lowest BCUT2D eigenvalue weighted by Crippen LogP contribution is -2.08. The second-order valence-corrected chi connectivity index (χ2v) is 3.54. The largest absolute Gasteiger partial charge is 0.273 e. The SMILES string of the molecule is O=c1[nH]ncc2nc(-c3ccccn3)ccc12. The van der Waals surface area contributed by atoms with Crippen LogP contribution in [0.5, 0.6) is 0 Å². The van der Waals surface area contributed by atoms with Crippen molar-refractivity contribution in [2.45, 2.75) is 0 Å². The van der Waals surface area contributed by atoms with Gasteiger partial charge in [0.25, 0.3) is 5.56 Å². The third-order valence-corrected chi connectivity index (χ3v) is 2.45. The topological polar surface area (TPSA) is 71.5 Å². The van der Waals surface area contributed by atoms with E-state index in [1.807, 2.05) is 18.2 Å². The summed E-state index contributed by atoms with van der Waals surface area (Å²) in [5.74, 6) is 0. The molecule has 0 atom stereocenters. The van der Waals surface area contributed by atoms with Crippen LogP contribution in [0.1, 0.15) is 0 Å². The van der Waals surface area contributed by atoms with Crippen molar-refractivity contribution in [3.63, 3.8) is 0 Å². The predicted molar refractivity (Wildman–Crippen MR) is 63.4 cm³/mol. The summed E-state index contributed by atoms with van der Waals surface area (Å²) in [6.07, 6.45) is 3.24. The second-order valence-electron chi connectivity index (χ2n) is 3.54. The molecule has 0 aliphatic carbocycles. The van der Waals surface area contributed by atoms with E-state index in [9.17, 15) is 4.79 Å². The number of nitrogens with one attached hydrogen (secondary N) is 1. The van der Waals surface area contributed by atoms with E-state index >= 15 is 0 Å². The van der Waals surface area contributed by atoms with Crippen LogP contribution >= 0.6 is 0 Å². The average molecular weight is 224 g/mol. The van der Waals surface area contributed by atoms with E-state index in [4.69, 9.17) is 0 Å². The van der Waals surface area contributed by atoms with Gasteiger partial charge in [-0.1, -0.05) is 6.07 Å². The van der Waals surface area contributed by atoms with Gasteiger partial charge in [-0.15, -0.1) is 0 Å². The first kappa shape index (κ1) is 9.65. The number of fused-ring (bicyclic) bond motifs is 1. The molecule has 5 heteroatoms. The molecule has 0 fully saturated rings. The van der Waals surface area contributed by atoms with Gasteiger partial charge >= 0.3 is 0 Å². The Hall–Kier alpha value is -2.56. The zero-order valence-electron chi connectivity index (χ0n) is 8.79. The van der Waals surface area contributed by atoms with Crippen LogP contribution in [0.2, 0.25) is 0 Å². The number of nitrogens with zero attached hydrogens (tertiary/aromatic N) is 3. The van der Waals surface area contributed by atoms with Crippen molar-refractivity contribution >= 4 is 10.9 Å². The van der Waals surface area contributed by atoms with Gasteiger partial charge in [-0.25, -0.2) is 10.1 Å². The summed E-state index contributed by atoms with van der Waals surface area (Å²) in [6, 6.07) is 9.11. The molecule has 0 saturated carbocycles. The molecule has 3 heterocycles. The number of hydrogen-bond donors (Lipinski definition) is 1. The highest BCUT2D eigenvalue weighted by Gasteiger charge is 2.04. The lowest BCUT2D eigenvalue weighted by molar-refractivity contribution is 1.00. The van der Waals surface area contributed by atoms with Crippen molar-refractivity contribution in [3.05, 3.63) is 53.1 Å². The van der Waals surface area contributed by atoms with Gasteiger partial charge in [0.1, 0.15) is 0 Å². The fourth-order valence-corrected chi connectivity index (χ4v) is 1.63. The van der Waals surface area contributed by atoms with E-state index in [2.05, 4.69) is 20.2 Å². The van der Waals surface area contributed by atoms with Gasteiger partial charge in [-0.3, -0.25) is 9.78 Å². The zero-order valence-corrected chi connectivity index (χ0v) is 8.79. The van der Waals surface area contributed by atoms with Crippen molar-refractivity contribution in [1.82, 2.24) is 20.2 Å². The minimum absolute atomic E-state index is 0.234. The van der Waals surface area contributed by atoms with Crippen LogP contribution in [-0.4, -0.2) is 20.2 Å². The van der Waals surface area contributed by atoms with Gasteiger partial charge in [0.2, 0.25) is 0 Å². The van der Waals surface area contributed by atoms with E-state index in [1.54, 1.807) is 18.3 Å². The van der Waals surface area contributed by atoms with Gasteiger partial charge in [-0.05, 0) is 24.3 Å². The third kappa shape index (κ3) is 1.67. The van der Waals surface area contributed by atoms with E-state index < -0.39 is 0 Å². The Morgan fingerprint density at radius 2 is 2.00 bits per heavy atom. The normalized spacial score (nSPS) is 10.6. The molecule has 0 spiro atoms. The zero-order chi connectivity index (χ0) is 11.7. The molecule has 0 bridgehead atoms. The lowest BCUT2D eigenvalue weighted by atomic mass is 10.2. The van der Waals surface area contributed by atoms with E-state index in [1.165, 1.54) is 6.20 Å². The summed E-state index contributed by atoms with van der Waals surface area (Å²) in [7, 11) is 0. The van der Waals surface area contributed by atoms with Crippen LogP contribution in [0, 0.1) is 0 Å². The maximum absolute atomic E-state index is 11.5. The molecule has 0 amide bonds. The van der Waals surface area contributed by atoms with Crippen molar-refractivity contribution in [2.75, 3.05) is 0 Å².